The van der Waals surface area contributed by atoms with Crippen molar-refractivity contribution >= 4 is 17.9 Å². The molecule has 10 nitrogen and oxygen atoms in total. The molecule has 0 amide bonds. The number of carboxylic acid groups (broad SMARTS) is 3. The Morgan fingerprint density at radius 2 is 1.18 bits per heavy atom. The lowest BCUT2D eigenvalue weighted by Crippen LogP contribution is -2.39. The number of carbonyl (C=O) groups is 3. The average Bonchev–Trinajstić information content (AvgIpc) is 3.47. The number of carboxylic acids is 3. The number of likely N-dealkylation sites (tertiary alicyclic amines) is 2. The van der Waals surface area contributed by atoms with Gasteiger partial charge in [0.25, 0.3) is 0 Å². The molecule has 2 unspecified atom stereocenters. The fourth-order valence-electron chi connectivity index (χ4n) is 4.74. The molecule has 44 heavy (non-hydrogen) atoms. The number of fused-ring (bicyclic) bond motifs is 1. The summed E-state index contributed by atoms with van der Waals surface area (Å²) in [5, 5.41) is 21.4. The van der Waals surface area contributed by atoms with Gasteiger partial charge in [0, 0.05) is 57.2 Å². The Bertz CT molecular complexity index is 1020. The van der Waals surface area contributed by atoms with Crippen molar-refractivity contribution in [2.24, 2.45) is 5.92 Å². The molecule has 0 aliphatic carbocycles. The first-order valence-electron chi connectivity index (χ1n) is 13.0. The van der Waals surface area contributed by atoms with Crippen molar-refractivity contribution in [1.82, 2.24) is 14.8 Å². The van der Waals surface area contributed by atoms with Crippen LogP contribution in [0, 0.1) is 12.8 Å². The lowest BCUT2D eigenvalue weighted by molar-refractivity contribution is -0.193. The van der Waals surface area contributed by atoms with E-state index in [4.69, 9.17) is 39.4 Å². The summed E-state index contributed by atoms with van der Waals surface area (Å²) >= 11 is 0. The van der Waals surface area contributed by atoms with Gasteiger partial charge in [-0.05, 0) is 50.7 Å². The second-order valence-corrected chi connectivity index (χ2v) is 9.91. The van der Waals surface area contributed by atoms with Crippen LogP contribution in [0.15, 0.2) is 18.2 Å². The molecule has 3 N–H and O–H groups in total. The van der Waals surface area contributed by atoms with E-state index in [2.05, 4.69) is 34.9 Å². The smallest absolute Gasteiger partial charge is 0.475 e. The first kappa shape index (κ1) is 38.8. The summed E-state index contributed by atoms with van der Waals surface area (Å²) in [6.45, 7) is 8.85. The molecule has 3 aliphatic heterocycles. The van der Waals surface area contributed by atoms with Crippen LogP contribution in [-0.4, -0.2) is 111 Å². The number of aliphatic carboxylic acids is 3. The molecule has 252 valence electrons. The van der Waals surface area contributed by atoms with Gasteiger partial charge in [0.1, 0.15) is 0 Å². The van der Waals surface area contributed by atoms with Crippen molar-refractivity contribution in [3.8, 4) is 0 Å². The summed E-state index contributed by atoms with van der Waals surface area (Å²) in [6, 6.07) is 7.92. The zero-order valence-electron chi connectivity index (χ0n) is 23.3. The van der Waals surface area contributed by atoms with Gasteiger partial charge in [-0.1, -0.05) is 6.07 Å². The normalized spacial score (nSPS) is 21.0. The van der Waals surface area contributed by atoms with E-state index in [0.717, 1.165) is 43.5 Å². The molecule has 0 spiro atoms. The Labute approximate surface area is 245 Å². The van der Waals surface area contributed by atoms with Crippen LogP contribution in [0.1, 0.15) is 37.1 Å². The number of pyridine rings is 1. The predicted octanol–water partition coefficient (Wildman–Crippen LogP) is 4.37. The third kappa shape index (κ3) is 14.1. The van der Waals surface area contributed by atoms with E-state index in [1.165, 1.54) is 51.0 Å². The number of aromatic nitrogens is 1. The van der Waals surface area contributed by atoms with Gasteiger partial charge in [0.05, 0.1) is 5.69 Å². The van der Waals surface area contributed by atoms with E-state index in [1.807, 2.05) is 0 Å². The van der Waals surface area contributed by atoms with Gasteiger partial charge in [0.15, 0.2) is 0 Å². The van der Waals surface area contributed by atoms with Gasteiger partial charge in [-0.15, -0.1) is 0 Å². The number of nitrogens with zero attached hydrogens (tertiary/aromatic N) is 3. The molecule has 4 rings (SSSR count). The Balaban J connectivity index is 0.000000379. The molecule has 19 heteroatoms. The summed E-state index contributed by atoms with van der Waals surface area (Å²) in [5.74, 6) is -7.41. The number of ether oxygens (including phenoxy) is 1. The molecule has 0 radical (unpaired) electrons. The van der Waals surface area contributed by atoms with Crippen molar-refractivity contribution in [1.29, 1.82) is 0 Å². The van der Waals surface area contributed by atoms with E-state index in [1.54, 1.807) is 0 Å². The van der Waals surface area contributed by atoms with Crippen molar-refractivity contribution in [3.63, 3.8) is 0 Å². The highest BCUT2D eigenvalue weighted by Gasteiger charge is 2.43. The zero-order valence-corrected chi connectivity index (χ0v) is 23.3. The number of rotatable bonds is 4. The van der Waals surface area contributed by atoms with Crippen molar-refractivity contribution in [3.05, 3.63) is 29.6 Å². The minimum Gasteiger partial charge on any atom is -0.475 e. The number of aryl methyl sites for hydroxylation is 1. The number of hydrogen-bond acceptors (Lipinski definition) is 7. The first-order chi connectivity index (χ1) is 20.1. The van der Waals surface area contributed by atoms with E-state index in [9.17, 15) is 39.5 Å². The third-order valence-corrected chi connectivity index (χ3v) is 6.68. The van der Waals surface area contributed by atoms with Crippen LogP contribution in [0.4, 0.5) is 39.5 Å². The maximum atomic E-state index is 10.6. The van der Waals surface area contributed by atoms with E-state index >= 15 is 0 Å². The van der Waals surface area contributed by atoms with Crippen LogP contribution in [0.25, 0.3) is 0 Å². The number of halogens is 9. The van der Waals surface area contributed by atoms with Crippen molar-refractivity contribution < 1.29 is 74.0 Å². The molecule has 3 aliphatic rings. The quantitative estimate of drug-likeness (QED) is 0.400. The molecular formula is C25H32F9N3O7. The lowest BCUT2D eigenvalue weighted by atomic mass is 9.99. The third-order valence-electron chi connectivity index (χ3n) is 6.68. The minimum absolute atomic E-state index is 0.747. The Morgan fingerprint density at radius 3 is 1.59 bits per heavy atom. The standard InChI is InChI=1S/C19H29N3O.3C2HF3O2/c1-15-3-2-4-17(20-15)14-22-10-6-18-19(22)5-9-21(18)13-16-7-11-23-12-8-16;3*3-2(4,5)1(6)7/h2-4,16,18-19H,5-14H2,1H3;3*(H,6,7). The Hall–Kier alpha value is -3.19. The Kier molecular flexibility index (Phi) is 14.8. The van der Waals surface area contributed by atoms with Crippen molar-refractivity contribution in [2.45, 2.75) is 69.8 Å². The first-order valence-corrected chi connectivity index (χ1v) is 13.0. The molecule has 0 bridgehead atoms. The van der Waals surface area contributed by atoms with Crippen LogP contribution >= 0.6 is 0 Å². The van der Waals surface area contributed by atoms with Crippen LogP contribution in [0.5, 0.6) is 0 Å². The largest absolute Gasteiger partial charge is 0.490 e. The second kappa shape index (κ2) is 16.8. The fraction of sp³-hybridized carbons (Fsp3) is 0.680. The van der Waals surface area contributed by atoms with Gasteiger partial charge >= 0.3 is 36.4 Å². The van der Waals surface area contributed by atoms with Crippen LogP contribution in [0.3, 0.4) is 0 Å². The summed E-state index contributed by atoms with van der Waals surface area (Å²) in [5.41, 5.74) is 2.36. The predicted molar refractivity (Wildman–Crippen MR) is 132 cm³/mol. The van der Waals surface area contributed by atoms with Crippen LogP contribution in [0.2, 0.25) is 0 Å². The molecule has 3 fully saturated rings. The average molecular weight is 658 g/mol. The summed E-state index contributed by atoms with van der Waals surface area (Å²) in [6.07, 6.45) is -10.1. The monoisotopic (exact) mass is 657 g/mol. The molecule has 1 aromatic rings. The Morgan fingerprint density at radius 1 is 0.773 bits per heavy atom. The molecular weight excluding hydrogens is 625 g/mol. The minimum atomic E-state index is -5.08. The van der Waals surface area contributed by atoms with Gasteiger partial charge in [-0.2, -0.15) is 39.5 Å². The van der Waals surface area contributed by atoms with E-state index in [0.29, 0.717) is 0 Å². The van der Waals surface area contributed by atoms with E-state index in [-0.39, 0.29) is 0 Å². The van der Waals surface area contributed by atoms with Gasteiger partial charge in [0.2, 0.25) is 0 Å². The fourth-order valence-corrected chi connectivity index (χ4v) is 4.74. The van der Waals surface area contributed by atoms with Crippen molar-refractivity contribution in [2.75, 3.05) is 32.8 Å². The molecule has 1 aromatic heterocycles. The summed E-state index contributed by atoms with van der Waals surface area (Å²) in [7, 11) is 0. The second-order valence-electron chi connectivity index (χ2n) is 9.91. The highest BCUT2D eigenvalue weighted by Crippen LogP contribution is 2.34. The lowest BCUT2D eigenvalue weighted by Gasteiger charge is -2.30. The van der Waals surface area contributed by atoms with Crippen LogP contribution < -0.4 is 0 Å². The SMILES string of the molecule is Cc1cccc(CN2CCC3C2CCN3CC2CCOCC2)n1.O=C(O)C(F)(F)F.O=C(O)C(F)(F)F.O=C(O)C(F)(F)F. The molecule has 3 saturated heterocycles. The molecule has 0 aromatic carbocycles. The van der Waals surface area contributed by atoms with Crippen LogP contribution in [-0.2, 0) is 25.7 Å². The number of hydrogen-bond donors (Lipinski definition) is 3. The highest BCUT2D eigenvalue weighted by atomic mass is 19.4. The zero-order chi connectivity index (χ0) is 33.9. The van der Waals surface area contributed by atoms with Gasteiger partial charge in [-0.3, -0.25) is 14.8 Å². The van der Waals surface area contributed by atoms with Gasteiger partial charge in [-0.25, -0.2) is 14.4 Å². The maximum absolute atomic E-state index is 10.6. The summed E-state index contributed by atoms with van der Waals surface area (Å²) < 4.78 is 101. The molecule has 4 heterocycles. The van der Waals surface area contributed by atoms with E-state index < -0.39 is 36.4 Å². The molecule has 2 atom stereocenters. The maximum Gasteiger partial charge on any atom is 0.490 e. The summed E-state index contributed by atoms with van der Waals surface area (Å²) in [4.78, 5) is 36.8. The topological polar surface area (TPSA) is 140 Å². The highest BCUT2D eigenvalue weighted by molar-refractivity contribution is 5.73. The van der Waals surface area contributed by atoms with Gasteiger partial charge < -0.3 is 20.1 Å². The molecule has 0 saturated carbocycles. The number of alkyl halides is 9.